The molecule has 0 aliphatic rings. The Hall–Kier alpha value is -1.67. The molecule has 1 amide bonds. The van der Waals surface area contributed by atoms with Crippen LogP contribution in [0.2, 0.25) is 10.0 Å². The summed E-state index contributed by atoms with van der Waals surface area (Å²) in [6.07, 6.45) is 0. The molecule has 9 heteroatoms. The Kier molecular flexibility index (Phi) is 5.26. The van der Waals surface area contributed by atoms with E-state index in [1.807, 2.05) is 10.3 Å². The van der Waals surface area contributed by atoms with Crippen molar-refractivity contribution in [3.8, 4) is 0 Å². The Labute approximate surface area is 142 Å². The second kappa shape index (κ2) is 6.84. The van der Waals surface area contributed by atoms with Gasteiger partial charge in [-0.15, -0.1) is 4.83 Å². The molecule has 0 spiro atoms. The molecule has 0 bridgehead atoms. The average Bonchev–Trinajstić information content (AvgIpc) is 2.50. The van der Waals surface area contributed by atoms with Crippen molar-refractivity contribution in [2.45, 2.75) is 11.8 Å². The molecule has 2 rings (SSSR count). The highest BCUT2D eigenvalue weighted by molar-refractivity contribution is 7.89. The number of hydrazine groups is 1. The number of hydrogen-bond donors (Lipinski definition) is 2. The van der Waals surface area contributed by atoms with E-state index in [9.17, 15) is 17.6 Å². The summed E-state index contributed by atoms with van der Waals surface area (Å²) in [5.41, 5.74) is 2.47. The fourth-order valence-corrected chi connectivity index (χ4v) is 3.07. The summed E-state index contributed by atoms with van der Waals surface area (Å²) in [7, 11) is -3.98. The van der Waals surface area contributed by atoms with Gasteiger partial charge < -0.3 is 0 Å². The van der Waals surface area contributed by atoms with Gasteiger partial charge in [0, 0.05) is 0 Å². The Bertz CT molecular complexity index is 855. The van der Waals surface area contributed by atoms with Crippen molar-refractivity contribution in [1.82, 2.24) is 10.3 Å². The maximum Gasteiger partial charge on any atom is 0.269 e. The summed E-state index contributed by atoms with van der Waals surface area (Å²) in [6.45, 7) is 1.81. The van der Waals surface area contributed by atoms with Crippen LogP contribution in [0.3, 0.4) is 0 Å². The average molecular weight is 377 g/mol. The van der Waals surface area contributed by atoms with Crippen LogP contribution in [0, 0.1) is 12.7 Å². The van der Waals surface area contributed by atoms with Gasteiger partial charge >= 0.3 is 0 Å². The lowest BCUT2D eigenvalue weighted by atomic mass is 10.2. The van der Waals surface area contributed by atoms with Crippen molar-refractivity contribution in [2.24, 2.45) is 0 Å². The van der Waals surface area contributed by atoms with Crippen molar-refractivity contribution in [1.29, 1.82) is 0 Å². The first-order chi connectivity index (χ1) is 10.7. The topological polar surface area (TPSA) is 75.3 Å². The van der Waals surface area contributed by atoms with Gasteiger partial charge in [-0.3, -0.25) is 10.2 Å². The van der Waals surface area contributed by atoms with E-state index in [4.69, 9.17) is 23.2 Å². The van der Waals surface area contributed by atoms with Crippen LogP contribution < -0.4 is 10.3 Å². The van der Waals surface area contributed by atoms with Crippen LogP contribution in [0.15, 0.2) is 41.3 Å². The largest absolute Gasteiger partial charge is 0.273 e. The van der Waals surface area contributed by atoms with Crippen LogP contribution in [0.1, 0.15) is 15.9 Å². The molecule has 0 aromatic heterocycles. The predicted octanol–water partition coefficient (Wildman–Crippen LogP) is 3.06. The van der Waals surface area contributed by atoms with E-state index in [0.717, 1.165) is 17.7 Å². The molecule has 2 N–H and O–H groups in total. The van der Waals surface area contributed by atoms with Crippen LogP contribution in [0.25, 0.3) is 0 Å². The zero-order valence-electron chi connectivity index (χ0n) is 11.7. The maximum absolute atomic E-state index is 13.4. The second-order valence-electron chi connectivity index (χ2n) is 4.59. The van der Waals surface area contributed by atoms with Gasteiger partial charge in [-0.1, -0.05) is 40.9 Å². The molecule has 0 fully saturated rings. The highest BCUT2D eigenvalue weighted by Gasteiger charge is 2.20. The molecule has 5 nitrogen and oxygen atoms in total. The van der Waals surface area contributed by atoms with E-state index < -0.39 is 26.8 Å². The van der Waals surface area contributed by atoms with Crippen LogP contribution in [0.4, 0.5) is 4.39 Å². The molecule has 0 aliphatic heterocycles. The lowest BCUT2D eigenvalue weighted by Crippen LogP contribution is -2.41. The smallest absolute Gasteiger partial charge is 0.269 e. The first-order valence-corrected chi connectivity index (χ1v) is 8.48. The summed E-state index contributed by atoms with van der Waals surface area (Å²) in [5, 5.41) is -0.604. The number of benzene rings is 2. The molecule has 0 aliphatic carbocycles. The number of rotatable bonds is 4. The van der Waals surface area contributed by atoms with Gasteiger partial charge in [0.2, 0.25) is 0 Å². The third-order valence-corrected chi connectivity index (χ3v) is 4.85. The van der Waals surface area contributed by atoms with E-state index in [2.05, 4.69) is 0 Å². The van der Waals surface area contributed by atoms with Gasteiger partial charge in [0.25, 0.3) is 15.9 Å². The van der Waals surface area contributed by atoms with E-state index >= 15 is 0 Å². The quantitative estimate of drug-likeness (QED) is 0.635. The van der Waals surface area contributed by atoms with Crippen LogP contribution in [-0.2, 0) is 10.0 Å². The molecule has 23 heavy (non-hydrogen) atoms. The summed E-state index contributed by atoms with van der Waals surface area (Å²) < 4.78 is 37.5. The molecule has 0 saturated heterocycles. The van der Waals surface area contributed by atoms with Crippen LogP contribution >= 0.6 is 23.2 Å². The van der Waals surface area contributed by atoms with Gasteiger partial charge in [-0.05, 0) is 31.2 Å². The molecule has 0 saturated carbocycles. The highest BCUT2D eigenvalue weighted by Crippen LogP contribution is 2.27. The summed E-state index contributed by atoms with van der Waals surface area (Å²) in [6, 6.07) is 8.12. The van der Waals surface area contributed by atoms with Crippen LogP contribution in [-0.4, -0.2) is 14.3 Å². The van der Waals surface area contributed by atoms with E-state index in [1.165, 1.54) is 12.1 Å². The van der Waals surface area contributed by atoms with Gasteiger partial charge in [0.1, 0.15) is 5.82 Å². The molecule has 0 unspecified atom stereocenters. The zero-order valence-corrected chi connectivity index (χ0v) is 14.1. The molecule has 2 aromatic carbocycles. The van der Waals surface area contributed by atoms with Gasteiger partial charge in [-0.2, -0.15) is 0 Å². The maximum atomic E-state index is 13.4. The van der Waals surface area contributed by atoms with Crippen molar-refractivity contribution < 1.29 is 17.6 Å². The number of amides is 1. The molecule has 0 atom stereocenters. The number of carbonyl (C=O) groups excluding carboxylic acids is 1. The monoisotopic (exact) mass is 376 g/mol. The lowest BCUT2D eigenvalue weighted by molar-refractivity contribution is 0.0945. The third-order valence-electron chi connectivity index (χ3n) is 2.90. The molecular weight excluding hydrogens is 366 g/mol. The first kappa shape index (κ1) is 17.7. The SMILES string of the molecule is Cc1ccc(S(=O)(=O)NNC(=O)c2c(Cl)ccc(F)c2Cl)cc1. The van der Waals surface area contributed by atoms with E-state index in [1.54, 1.807) is 19.1 Å². The fraction of sp³-hybridized carbons (Fsp3) is 0.0714. The van der Waals surface area contributed by atoms with E-state index in [-0.39, 0.29) is 15.5 Å². The number of aryl methyl sites for hydroxylation is 1. The number of carbonyl (C=O) groups is 1. The number of sulfonamides is 1. The Morgan fingerprint density at radius 3 is 2.30 bits per heavy atom. The highest BCUT2D eigenvalue weighted by atomic mass is 35.5. The van der Waals surface area contributed by atoms with Gasteiger partial charge in [0.05, 0.1) is 20.5 Å². The molecule has 0 radical (unpaired) electrons. The lowest BCUT2D eigenvalue weighted by Gasteiger charge is -2.11. The minimum absolute atomic E-state index is 0.0418. The van der Waals surface area contributed by atoms with Crippen LogP contribution in [0.5, 0.6) is 0 Å². The van der Waals surface area contributed by atoms with Crippen molar-refractivity contribution >= 4 is 39.1 Å². The van der Waals surface area contributed by atoms with Crippen molar-refractivity contribution in [3.63, 3.8) is 0 Å². The molecule has 2 aromatic rings. The number of nitrogens with one attached hydrogen (secondary N) is 2. The standard InChI is InChI=1S/C14H11Cl2FN2O3S/c1-8-2-4-9(5-3-8)23(21,22)19-18-14(20)12-10(15)6-7-11(17)13(12)16/h2-7,19H,1H3,(H,18,20). The number of hydrogen-bond acceptors (Lipinski definition) is 3. The first-order valence-electron chi connectivity index (χ1n) is 6.24. The minimum atomic E-state index is -3.98. The second-order valence-corrected chi connectivity index (χ2v) is 7.06. The van der Waals surface area contributed by atoms with Gasteiger partial charge in [-0.25, -0.2) is 12.8 Å². The summed E-state index contributed by atoms with van der Waals surface area (Å²) in [4.78, 5) is 13.9. The predicted molar refractivity (Wildman–Crippen MR) is 85.4 cm³/mol. The Morgan fingerprint density at radius 2 is 1.70 bits per heavy atom. The van der Waals surface area contributed by atoms with Gasteiger partial charge in [0.15, 0.2) is 0 Å². The zero-order chi connectivity index (χ0) is 17.2. The summed E-state index contributed by atoms with van der Waals surface area (Å²) >= 11 is 11.5. The van der Waals surface area contributed by atoms with Crippen molar-refractivity contribution in [3.05, 3.63) is 63.4 Å². The van der Waals surface area contributed by atoms with E-state index in [0.29, 0.717) is 0 Å². The fourth-order valence-electron chi connectivity index (χ4n) is 1.69. The summed E-state index contributed by atoms with van der Waals surface area (Å²) in [5.74, 6) is -1.82. The minimum Gasteiger partial charge on any atom is -0.273 e. The number of halogens is 3. The molecule has 0 heterocycles. The normalized spacial score (nSPS) is 11.3. The Balaban J connectivity index is 2.19. The Morgan fingerprint density at radius 1 is 1.09 bits per heavy atom. The molecular formula is C14H11Cl2FN2O3S. The molecule has 122 valence electrons. The van der Waals surface area contributed by atoms with Crippen molar-refractivity contribution in [2.75, 3.05) is 0 Å². The third kappa shape index (κ3) is 4.00.